The van der Waals surface area contributed by atoms with Crippen LogP contribution in [0.15, 0.2) is 18.2 Å². The Morgan fingerprint density at radius 3 is 2.53 bits per heavy atom. The SMILES string of the molecule is CC(=O)NNC(=O)C[NH+](C)Cc1ccc(Cl)cc1Cl. The molecule has 1 rings (SSSR count). The third kappa shape index (κ3) is 5.92. The predicted octanol–water partition coefficient (Wildman–Crippen LogP) is 0.175. The molecule has 0 radical (unpaired) electrons. The largest absolute Gasteiger partial charge is 0.326 e. The Balaban J connectivity index is 2.48. The predicted molar refractivity (Wildman–Crippen MR) is 73.9 cm³/mol. The van der Waals surface area contributed by atoms with Gasteiger partial charge in [0.05, 0.1) is 12.1 Å². The van der Waals surface area contributed by atoms with Crippen LogP contribution in [-0.2, 0) is 16.1 Å². The summed E-state index contributed by atoms with van der Waals surface area (Å²) in [5.41, 5.74) is 5.46. The van der Waals surface area contributed by atoms with Gasteiger partial charge >= 0.3 is 0 Å². The zero-order valence-electron chi connectivity index (χ0n) is 10.7. The number of nitrogens with one attached hydrogen (secondary N) is 3. The van der Waals surface area contributed by atoms with E-state index in [1.165, 1.54) is 6.92 Å². The minimum atomic E-state index is -0.313. The second-order valence-corrected chi connectivity index (χ2v) is 5.12. The third-order valence-electron chi connectivity index (χ3n) is 2.35. The van der Waals surface area contributed by atoms with E-state index in [1.807, 2.05) is 13.1 Å². The number of carbonyl (C=O) groups is 2. The minimum absolute atomic E-state index is 0.221. The molecular weight excluding hydrogens is 289 g/mol. The summed E-state index contributed by atoms with van der Waals surface area (Å²) >= 11 is 11.9. The van der Waals surface area contributed by atoms with E-state index in [0.29, 0.717) is 16.6 Å². The Hall–Kier alpha value is -1.30. The molecule has 0 spiro atoms. The summed E-state index contributed by atoms with van der Waals surface area (Å²) in [4.78, 5) is 23.1. The van der Waals surface area contributed by atoms with Gasteiger partial charge < -0.3 is 4.90 Å². The van der Waals surface area contributed by atoms with Gasteiger partial charge in [-0.2, -0.15) is 0 Å². The topological polar surface area (TPSA) is 62.6 Å². The van der Waals surface area contributed by atoms with Crippen molar-refractivity contribution in [3.63, 3.8) is 0 Å². The zero-order valence-corrected chi connectivity index (χ0v) is 12.2. The number of hydrogen-bond donors (Lipinski definition) is 3. The Kier molecular flexibility index (Phi) is 6.08. The molecule has 0 fully saturated rings. The number of carbonyl (C=O) groups excluding carboxylic acids is 2. The molecule has 0 bridgehead atoms. The number of likely N-dealkylation sites (N-methyl/N-ethyl adjacent to an activating group) is 1. The molecular formula is C12H16Cl2N3O2+. The summed E-state index contributed by atoms with van der Waals surface area (Å²) in [6.45, 7) is 2.13. The van der Waals surface area contributed by atoms with Gasteiger partial charge in [0.2, 0.25) is 5.91 Å². The van der Waals surface area contributed by atoms with Crippen molar-refractivity contribution < 1.29 is 14.5 Å². The normalized spacial score (nSPS) is 11.8. The quantitative estimate of drug-likeness (QED) is 0.695. The van der Waals surface area contributed by atoms with Crippen molar-refractivity contribution >= 4 is 35.0 Å². The van der Waals surface area contributed by atoms with Crippen molar-refractivity contribution in [2.24, 2.45) is 0 Å². The first kappa shape index (κ1) is 15.8. The summed E-state index contributed by atoms with van der Waals surface area (Å²) in [5.74, 6) is -0.579. The van der Waals surface area contributed by atoms with Gasteiger partial charge in [-0.05, 0) is 12.1 Å². The van der Waals surface area contributed by atoms with Gasteiger partial charge in [0.15, 0.2) is 6.54 Å². The third-order valence-corrected chi connectivity index (χ3v) is 2.93. The van der Waals surface area contributed by atoms with Crippen LogP contribution in [-0.4, -0.2) is 25.4 Å². The average Bonchev–Trinajstić information content (AvgIpc) is 2.30. The van der Waals surface area contributed by atoms with Crippen molar-refractivity contribution in [3.8, 4) is 0 Å². The number of benzene rings is 1. The van der Waals surface area contributed by atoms with Gasteiger partial charge in [-0.3, -0.25) is 20.4 Å². The van der Waals surface area contributed by atoms with Crippen LogP contribution < -0.4 is 15.8 Å². The van der Waals surface area contributed by atoms with Crippen molar-refractivity contribution in [2.45, 2.75) is 13.5 Å². The monoisotopic (exact) mass is 304 g/mol. The second kappa shape index (κ2) is 7.33. The van der Waals surface area contributed by atoms with Crippen molar-refractivity contribution in [1.29, 1.82) is 0 Å². The van der Waals surface area contributed by atoms with E-state index in [9.17, 15) is 9.59 Å². The molecule has 19 heavy (non-hydrogen) atoms. The molecule has 0 heterocycles. The fourth-order valence-electron chi connectivity index (χ4n) is 1.53. The van der Waals surface area contributed by atoms with Gasteiger partial charge in [0.1, 0.15) is 6.54 Å². The molecule has 5 nitrogen and oxygen atoms in total. The molecule has 0 aliphatic rings. The van der Waals surface area contributed by atoms with Gasteiger partial charge in [0.25, 0.3) is 5.91 Å². The highest BCUT2D eigenvalue weighted by Crippen LogP contribution is 2.19. The summed E-state index contributed by atoms with van der Waals surface area (Å²) in [5, 5.41) is 1.16. The maximum atomic E-state index is 11.5. The Morgan fingerprint density at radius 2 is 1.95 bits per heavy atom. The molecule has 0 saturated heterocycles. The van der Waals surface area contributed by atoms with Crippen LogP contribution in [0.3, 0.4) is 0 Å². The van der Waals surface area contributed by atoms with Crippen molar-refractivity contribution in [2.75, 3.05) is 13.6 Å². The van der Waals surface area contributed by atoms with E-state index in [2.05, 4.69) is 10.9 Å². The van der Waals surface area contributed by atoms with Crippen LogP contribution in [0.1, 0.15) is 12.5 Å². The fraction of sp³-hybridized carbons (Fsp3) is 0.333. The van der Waals surface area contributed by atoms with Crippen molar-refractivity contribution in [3.05, 3.63) is 33.8 Å². The Bertz CT molecular complexity index is 480. The molecule has 0 aliphatic heterocycles. The maximum absolute atomic E-state index is 11.5. The van der Waals surface area contributed by atoms with Crippen LogP contribution >= 0.6 is 23.2 Å². The van der Waals surface area contributed by atoms with Crippen LogP contribution in [0.2, 0.25) is 10.0 Å². The van der Waals surface area contributed by atoms with Gasteiger partial charge in [-0.25, -0.2) is 0 Å². The maximum Gasteiger partial charge on any atom is 0.293 e. The highest BCUT2D eigenvalue weighted by atomic mass is 35.5. The first-order chi connectivity index (χ1) is 8.88. The molecule has 7 heteroatoms. The lowest BCUT2D eigenvalue weighted by Gasteiger charge is -2.14. The molecule has 1 aromatic rings. The van der Waals surface area contributed by atoms with E-state index in [0.717, 1.165) is 10.5 Å². The van der Waals surface area contributed by atoms with E-state index in [-0.39, 0.29) is 18.4 Å². The second-order valence-electron chi connectivity index (χ2n) is 4.28. The van der Waals surface area contributed by atoms with Crippen LogP contribution in [0.4, 0.5) is 0 Å². The van der Waals surface area contributed by atoms with Gasteiger partial charge in [-0.1, -0.05) is 29.3 Å². The molecule has 0 saturated carbocycles. The summed E-state index contributed by atoms with van der Waals surface area (Å²) in [7, 11) is 1.86. The average molecular weight is 305 g/mol. The molecule has 2 amide bonds. The lowest BCUT2D eigenvalue weighted by molar-refractivity contribution is -0.885. The highest BCUT2D eigenvalue weighted by Gasteiger charge is 2.12. The molecule has 1 aromatic carbocycles. The van der Waals surface area contributed by atoms with E-state index >= 15 is 0 Å². The van der Waals surface area contributed by atoms with Crippen molar-refractivity contribution in [1.82, 2.24) is 10.9 Å². The summed E-state index contributed by atoms with van der Waals surface area (Å²) in [6, 6.07) is 5.26. The smallest absolute Gasteiger partial charge is 0.293 e. The Labute approximate surface area is 121 Å². The Morgan fingerprint density at radius 1 is 1.26 bits per heavy atom. The number of hydrazine groups is 1. The van der Waals surface area contributed by atoms with Crippen LogP contribution in [0.5, 0.6) is 0 Å². The number of rotatable bonds is 4. The van der Waals surface area contributed by atoms with E-state index in [1.54, 1.807) is 12.1 Å². The van der Waals surface area contributed by atoms with E-state index in [4.69, 9.17) is 23.2 Å². The zero-order chi connectivity index (χ0) is 14.4. The molecule has 1 unspecified atom stereocenters. The first-order valence-electron chi connectivity index (χ1n) is 5.69. The molecule has 3 N–H and O–H groups in total. The molecule has 0 aromatic heterocycles. The number of quaternary nitrogens is 1. The summed E-state index contributed by atoms with van der Waals surface area (Å²) < 4.78 is 0. The molecule has 0 aliphatic carbocycles. The molecule has 104 valence electrons. The highest BCUT2D eigenvalue weighted by molar-refractivity contribution is 6.35. The standard InChI is InChI=1S/C12H15Cl2N3O2/c1-8(18)15-16-12(19)7-17(2)6-9-3-4-10(13)5-11(9)14/h3-5H,6-7H2,1-2H3,(H,15,18)(H,16,19)/p+1. The summed E-state index contributed by atoms with van der Waals surface area (Å²) in [6.07, 6.45) is 0. The lowest BCUT2D eigenvalue weighted by atomic mass is 10.2. The minimum Gasteiger partial charge on any atom is -0.326 e. The van der Waals surface area contributed by atoms with Gasteiger partial charge in [-0.15, -0.1) is 0 Å². The van der Waals surface area contributed by atoms with Crippen LogP contribution in [0, 0.1) is 0 Å². The van der Waals surface area contributed by atoms with E-state index < -0.39 is 0 Å². The van der Waals surface area contributed by atoms with Gasteiger partial charge in [0, 0.05) is 17.5 Å². The fourth-order valence-corrected chi connectivity index (χ4v) is 2.00. The number of hydrogen-bond acceptors (Lipinski definition) is 2. The number of halogens is 2. The lowest BCUT2D eigenvalue weighted by Crippen LogP contribution is -3.09. The van der Waals surface area contributed by atoms with Crippen LogP contribution in [0.25, 0.3) is 0 Å². The molecule has 1 atom stereocenters. The first-order valence-corrected chi connectivity index (χ1v) is 6.44. The number of amides is 2.